The van der Waals surface area contributed by atoms with Gasteiger partial charge in [-0.2, -0.15) is 0 Å². The van der Waals surface area contributed by atoms with Gasteiger partial charge in [-0.15, -0.1) is 0 Å². The van der Waals surface area contributed by atoms with E-state index in [0.29, 0.717) is 28.8 Å². The number of halogens is 2. The van der Waals surface area contributed by atoms with Crippen molar-refractivity contribution in [2.75, 3.05) is 13.7 Å². The number of hydrogen-bond acceptors (Lipinski definition) is 2. The summed E-state index contributed by atoms with van der Waals surface area (Å²) in [5.41, 5.74) is 6.32. The van der Waals surface area contributed by atoms with Crippen LogP contribution in [0.4, 0.5) is 0 Å². The van der Waals surface area contributed by atoms with Crippen LogP contribution in [0.25, 0.3) is 0 Å². The molecule has 4 heteroatoms. The molecule has 2 N–H and O–H groups in total. The van der Waals surface area contributed by atoms with E-state index in [1.54, 1.807) is 19.2 Å². The third kappa shape index (κ3) is 2.27. The lowest BCUT2D eigenvalue weighted by molar-refractivity contribution is 0.410. The molecular formula is C9H11Cl2NO. The Balaban J connectivity index is 3.18. The summed E-state index contributed by atoms with van der Waals surface area (Å²) in [5, 5.41) is 1.21. The second kappa shape index (κ2) is 4.70. The van der Waals surface area contributed by atoms with Gasteiger partial charge in [0.15, 0.2) is 0 Å². The maximum Gasteiger partial charge on any atom is 0.142 e. The zero-order chi connectivity index (χ0) is 9.84. The van der Waals surface area contributed by atoms with Crippen LogP contribution in [0, 0.1) is 0 Å². The van der Waals surface area contributed by atoms with Gasteiger partial charge in [0.25, 0.3) is 0 Å². The molecule has 1 aromatic carbocycles. The minimum atomic E-state index is 0.524. The molecule has 0 heterocycles. The monoisotopic (exact) mass is 219 g/mol. The Morgan fingerprint density at radius 1 is 1.31 bits per heavy atom. The molecule has 0 radical (unpaired) electrons. The highest BCUT2D eigenvalue weighted by atomic mass is 35.5. The lowest BCUT2D eigenvalue weighted by Crippen LogP contribution is -2.05. The molecule has 0 aromatic heterocycles. The highest BCUT2D eigenvalue weighted by molar-refractivity contribution is 6.34. The predicted molar refractivity (Wildman–Crippen MR) is 55.8 cm³/mol. The maximum atomic E-state index is 5.96. The van der Waals surface area contributed by atoms with Gasteiger partial charge in [-0.05, 0) is 25.1 Å². The van der Waals surface area contributed by atoms with Gasteiger partial charge >= 0.3 is 0 Å². The van der Waals surface area contributed by atoms with E-state index in [-0.39, 0.29) is 0 Å². The zero-order valence-electron chi connectivity index (χ0n) is 7.31. The summed E-state index contributed by atoms with van der Waals surface area (Å²) >= 11 is 11.9. The number of hydrogen-bond donors (Lipinski definition) is 1. The van der Waals surface area contributed by atoms with Crippen LogP contribution in [-0.4, -0.2) is 13.7 Å². The Kier molecular flexibility index (Phi) is 3.85. The van der Waals surface area contributed by atoms with Gasteiger partial charge in [0.2, 0.25) is 0 Å². The topological polar surface area (TPSA) is 35.2 Å². The summed E-state index contributed by atoms with van der Waals surface area (Å²) in [6.45, 7) is 0.524. The average molecular weight is 220 g/mol. The van der Waals surface area contributed by atoms with Crippen molar-refractivity contribution >= 4 is 23.2 Å². The zero-order valence-corrected chi connectivity index (χ0v) is 8.82. The number of ether oxygens (including phenoxy) is 1. The van der Waals surface area contributed by atoms with E-state index in [9.17, 15) is 0 Å². The molecule has 0 atom stereocenters. The third-order valence-electron chi connectivity index (χ3n) is 1.75. The first kappa shape index (κ1) is 10.6. The first-order chi connectivity index (χ1) is 6.20. The van der Waals surface area contributed by atoms with Gasteiger partial charge in [-0.3, -0.25) is 0 Å². The van der Waals surface area contributed by atoms with Gasteiger partial charge < -0.3 is 10.5 Å². The molecule has 13 heavy (non-hydrogen) atoms. The van der Waals surface area contributed by atoms with Crippen LogP contribution in [0.2, 0.25) is 10.0 Å². The third-order valence-corrected chi connectivity index (χ3v) is 2.41. The number of rotatable bonds is 3. The first-order valence-corrected chi connectivity index (χ1v) is 4.67. The predicted octanol–water partition coefficient (Wildman–Crippen LogP) is 2.50. The Labute approximate surface area is 87.6 Å². The molecule has 0 spiro atoms. The summed E-state index contributed by atoms with van der Waals surface area (Å²) in [7, 11) is 1.57. The van der Waals surface area contributed by atoms with Crippen LogP contribution in [-0.2, 0) is 6.42 Å². The van der Waals surface area contributed by atoms with Crippen molar-refractivity contribution in [2.24, 2.45) is 5.73 Å². The van der Waals surface area contributed by atoms with Crippen LogP contribution in [0.1, 0.15) is 5.56 Å². The standard InChI is InChI=1S/C9H11Cl2NO/c1-13-9-6(4-5-12)7(10)2-3-8(9)11/h2-3H,4-5,12H2,1H3. The van der Waals surface area contributed by atoms with Crippen molar-refractivity contribution in [1.29, 1.82) is 0 Å². The van der Waals surface area contributed by atoms with Crippen LogP contribution in [0.3, 0.4) is 0 Å². The van der Waals surface area contributed by atoms with Crippen molar-refractivity contribution < 1.29 is 4.74 Å². The maximum absolute atomic E-state index is 5.96. The van der Waals surface area contributed by atoms with Crippen molar-refractivity contribution in [1.82, 2.24) is 0 Å². The van der Waals surface area contributed by atoms with E-state index in [4.69, 9.17) is 33.7 Å². The second-order valence-electron chi connectivity index (χ2n) is 2.58. The van der Waals surface area contributed by atoms with E-state index < -0.39 is 0 Å². The Hall–Kier alpha value is -0.440. The fourth-order valence-corrected chi connectivity index (χ4v) is 1.67. The van der Waals surface area contributed by atoms with Crippen LogP contribution < -0.4 is 10.5 Å². The van der Waals surface area contributed by atoms with Gasteiger partial charge in [0.05, 0.1) is 12.1 Å². The molecule has 0 fully saturated rings. The molecule has 1 rings (SSSR count). The van der Waals surface area contributed by atoms with Crippen LogP contribution >= 0.6 is 23.2 Å². The summed E-state index contributed by atoms with van der Waals surface area (Å²) in [5.74, 6) is 0.625. The first-order valence-electron chi connectivity index (χ1n) is 3.91. The molecule has 0 aliphatic carbocycles. The summed E-state index contributed by atoms with van der Waals surface area (Å²) in [6.07, 6.45) is 0.669. The van der Waals surface area contributed by atoms with Crippen molar-refractivity contribution in [2.45, 2.75) is 6.42 Å². The minimum absolute atomic E-state index is 0.524. The Bertz CT molecular complexity index is 302. The van der Waals surface area contributed by atoms with Crippen LogP contribution in [0.5, 0.6) is 5.75 Å². The molecule has 0 aliphatic rings. The molecule has 0 aliphatic heterocycles. The van der Waals surface area contributed by atoms with Gasteiger partial charge in [-0.25, -0.2) is 0 Å². The molecule has 0 saturated heterocycles. The molecule has 0 amide bonds. The fraction of sp³-hybridized carbons (Fsp3) is 0.333. The van der Waals surface area contributed by atoms with E-state index in [1.165, 1.54) is 0 Å². The van der Waals surface area contributed by atoms with E-state index >= 15 is 0 Å². The molecule has 1 aromatic rings. The van der Waals surface area contributed by atoms with E-state index in [1.807, 2.05) is 0 Å². The Morgan fingerprint density at radius 2 is 1.92 bits per heavy atom. The second-order valence-corrected chi connectivity index (χ2v) is 3.39. The summed E-state index contributed by atoms with van der Waals surface area (Å²) < 4.78 is 5.14. The smallest absolute Gasteiger partial charge is 0.142 e. The molecular weight excluding hydrogens is 209 g/mol. The van der Waals surface area contributed by atoms with Crippen molar-refractivity contribution in [3.05, 3.63) is 27.7 Å². The fourth-order valence-electron chi connectivity index (χ4n) is 1.17. The molecule has 72 valence electrons. The lowest BCUT2D eigenvalue weighted by Gasteiger charge is -2.10. The normalized spacial score (nSPS) is 10.2. The molecule has 0 bridgehead atoms. The van der Waals surface area contributed by atoms with Gasteiger partial charge in [0.1, 0.15) is 5.75 Å². The van der Waals surface area contributed by atoms with E-state index in [2.05, 4.69) is 0 Å². The van der Waals surface area contributed by atoms with Crippen LogP contribution in [0.15, 0.2) is 12.1 Å². The van der Waals surface area contributed by atoms with Crippen molar-refractivity contribution in [3.8, 4) is 5.75 Å². The number of nitrogens with two attached hydrogens (primary N) is 1. The highest BCUT2D eigenvalue weighted by Gasteiger charge is 2.10. The molecule has 2 nitrogen and oxygen atoms in total. The molecule has 0 saturated carbocycles. The van der Waals surface area contributed by atoms with E-state index in [0.717, 1.165) is 5.56 Å². The number of benzene rings is 1. The van der Waals surface area contributed by atoms with Crippen molar-refractivity contribution in [3.63, 3.8) is 0 Å². The average Bonchev–Trinajstić information content (AvgIpc) is 2.12. The van der Waals surface area contributed by atoms with Gasteiger partial charge in [0, 0.05) is 10.6 Å². The Morgan fingerprint density at radius 3 is 2.46 bits per heavy atom. The number of methoxy groups -OCH3 is 1. The lowest BCUT2D eigenvalue weighted by atomic mass is 10.1. The largest absolute Gasteiger partial charge is 0.495 e. The quantitative estimate of drug-likeness (QED) is 0.849. The molecule has 0 unspecified atom stereocenters. The summed E-state index contributed by atoms with van der Waals surface area (Å²) in [6, 6.07) is 3.46. The SMILES string of the molecule is COc1c(Cl)ccc(Cl)c1CCN. The summed E-state index contributed by atoms with van der Waals surface area (Å²) in [4.78, 5) is 0. The highest BCUT2D eigenvalue weighted by Crippen LogP contribution is 2.33. The van der Waals surface area contributed by atoms with Gasteiger partial charge in [-0.1, -0.05) is 23.2 Å². The minimum Gasteiger partial charge on any atom is -0.495 e.